The normalized spacial score (nSPS) is 42.1. The molecular formula is C10H13N3O6. The van der Waals surface area contributed by atoms with E-state index >= 15 is 0 Å². The first-order chi connectivity index (χ1) is 8.96. The van der Waals surface area contributed by atoms with Gasteiger partial charge in [0.1, 0.15) is 24.4 Å². The van der Waals surface area contributed by atoms with Gasteiger partial charge in [-0.05, 0) is 0 Å². The number of rotatable bonds is 2. The van der Waals surface area contributed by atoms with E-state index in [1.165, 1.54) is 0 Å². The third-order valence-electron chi connectivity index (χ3n) is 3.08. The second kappa shape index (κ2) is 4.76. The van der Waals surface area contributed by atoms with Gasteiger partial charge in [-0.2, -0.15) is 5.26 Å². The number of ether oxygens (including phenoxy) is 1. The second-order valence-electron chi connectivity index (χ2n) is 4.19. The number of aliphatic hydroxyl groups excluding tert-OH is 4. The molecule has 1 fully saturated rings. The van der Waals surface area contributed by atoms with Crippen LogP contribution in [-0.4, -0.2) is 68.2 Å². The van der Waals surface area contributed by atoms with Gasteiger partial charge in [-0.15, -0.1) is 0 Å². The predicted molar refractivity (Wildman–Crippen MR) is 57.4 cm³/mol. The lowest BCUT2D eigenvalue weighted by molar-refractivity contribution is -0.188. The first-order valence-corrected chi connectivity index (χ1v) is 5.47. The fourth-order valence-corrected chi connectivity index (χ4v) is 2.08. The minimum Gasteiger partial charge on any atom is -0.394 e. The Morgan fingerprint density at radius 1 is 1.53 bits per heavy atom. The van der Waals surface area contributed by atoms with Crippen LogP contribution in [0.2, 0.25) is 0 Å². The molecule has 9 heteroatoms. The van der Waals surface area contributed by atoms with Crippen molar-refractivity contribution >= 4 is 5.91 Å². The van der Waals surface area contributed by atoms with E-state index in [2.05, 4.69) is 5.32 Å². The summed E-state index contributed by atoms with van der Waals surface area (Å²) < 4.78 is 5.17. The van der Waals surface area contributed by atoms with E-state index < -0.39 is 42.9 Å². The number of carbonyl (C=O) groups is 1. The molecule has 1 amide bonds. The summed E-state index contributed by atoms with van der Waals surface area (Å²) >= 11 is 0. The molecule has 0 aromatic heterocycles. The molecule has 1 saturated heterocycles. The van der Waals surface area contributed by atoms with E-state index in [0.29, 0.717) is 0 Å². The number of nitrogens with zero attached hydrogens (tertiary/aromatic N) is 2. The molecule has 1 unspecified atom stereocenters. The number of nitrogens with one attached hydrogen (secondary N) is 1. The molecule has 2 rings (SSSR count). The van der Waals surface area contributed by atoms with Crippen LogP contribution in [0, 0.1) is 11.3 Å². The summed E-state index contributed by atoms with van der Waals surface area (Å²) in [6.07, 6.45) is -3.86. The molecule has 5 N–H and O–H groups in total. The fraction of sp³-hybridized carbons (Fsp3) is 0.600. The predicted octanol–water partition coefficient (Wildman–Crippen LogP) is -3.46. The van der Waals surface area contributed by atoms with Crippen LogP contribution >= 0.6 is 0 Å². The van der Waals surface area contributed by atoms with Crippen LogP contribution in [0.4, 0.5) is 0 Å². The molecular weight excluding hydrogens is 258 g/mol. The molecule has 0 spiro atoms. The van der Waals surface area contributed by atoms with E-state index in [1.54, 1.807) is 6.07 Å². The highest BCUT2D eigenvalue weighted by atomic mass is 16.6. The van der Waals surface area contributed by atoms with Crippen LogP contribution in [0.3, 0.4) is 0 Å². The average Bonchev–Trinajstić information content (AvgIpc) is 2.64. The van der Waals surface area contributed by atoms with Crippen molar-refractivity contribution in [1.82, 2.24) is 10.2 Å². The zero-order valence-corrected chi connectivity index (χ0v) is 9.67. The molecule has 0 radical (unpaired) electrons. The summed E-state index contributed by atoms with van der Waals surface area (Å²) in [5, 5.41) is 49.7. The Hall–Kier alpha value is -1.70. The van der Waals surface area contributed by atoms with Crippen molar-refractivity contribution in [2.24, 2.45) is 0 Å². The standard InChI is InChI=1S/C10H13N3O6/c11-4-10(8(17)7(16)5(3-14)19-10)13-2-1-6(15)12-9(13)18/h1-2,5,7-9,14,16-18H,3H2,(H,12,15)/t5-,7-,8-,9?,10-/m1/s1. The number of nitriles is 1. The van der Waals surface area contributed by atoms with E-state index in [0.717, 1.165) is 17.2 Å². The molecule has 0 aromatic rings. The molecule has 0 saturated carbocycles. The summed E-state index contributed by atoms with van der Waals surface area (Å²) in [7, 11) is 0. The highest BCUT2D eigenvalue weighted by Crippen LogP contribution is 2.35. The van der Waals surface area contributed by atoms with Gasteiger partial charge in [0.25, 0.3) is 5.72 Å². The monoisotopic (exact) mass is 271 g/mol. The van der Waals surface area contributed by atoms with Gasteiger partial charge in [0.2, 0.25) is 12.3 Å². The van der Waals surface area contributed by atoms with E-state index in [4.69, 9.17) is 9.84 Å². The maximum Gasteiger partial charge on any atom is 0.263 e. The van der Waals surface area contributed by atoms with Crippen molar-refractivity contribution in [3.8, 4) is 6.07 Å². The Morgan fingerprint density at radius 3 is 2.68 bits per heavy atom. The molecule has 19 heavy (non-hydrogen) atoms. The number of carbonyl (C=O) groups excluding carboxylic acids is 1. The van der Waals surface area contributed by atoms with Gasteiger partial charge in [0.05, 0.1) is 6.61 Å². The van der Waals surface area contributed by atoms with Crippen LogP contribution in [0.25, 0.3) is 0 Å². The third-order valence-corrected chi connectivity index (χ3v) is 3.08. The lowest BCUT2D eigenvalue weighted by Crippen LogP contribution is -2.62. The fourth-order valence-electron chi connectivity index (χ4n) is 2.08. The molecule has 0 bridgehead atoms. The Labute approximate surface area is 107 Å². The quantitative estimate of drug-likeness (QED) is 0.348. The Bertz CT molecular complexity index is 449. The minimum absolute atomic E-state index is 0.580. The van der Waals surface area contributed by atoms with Gasteiger partial charge in [-0.25, -0.2) is 0 Å². The average molecular weight is 271 g/mol. The molecule has 2 aliphatic rings. The SMILES string of the molecule is N#C[C@@]1(N2C=CC(=O)NC2O)O[C@H](CO)[C@@H](O)[C@H]1O. The van der Waals surface area contributed by atoms with E-state index in [-0.39, 0.29) is 0 Å². The van der Waals surface area contributed by atoms with Gasteiger partial charge in [0, 0.05) is 12.3 Å². The van der Waals surface area contributed by atoms with Crippen LogP contribution in [0.15, 0.2) is 12.3 Å². The van der Waals surface area contributed by atoms with Gasteiger partial charge in [-0.3, -0.25) is 9.69 Å². The van der Waals surface area contributed by atoms with Crippen molar-refractivity contribution in [2.75, 3.05) is 6.61 Å². The van der Waals surface area contributed by atoms with Crippen molar-refractivity contribution in [2.45, 2.75) is 30.4 Å². The minimum atomic E-state index is -2.10. The summed E-state index contributed by atoms with van der Waals surface area (Å²) in [6.45, 7) is -0.609. The van der Waals surface area contributed by atoms with Crippen LogP contribution in [-0.2, 0) is 9.53 Å². The van der Waals surface area contributed by atoms with Crippen molar-refractivity contribution in [3.63, 3.8) is 0 Å². The van der Waals surface area contributed by atoms with E-state index in [1.807, 2.05) is 0 Å². The third kappa shape index (κ3) is 1.95. The first-order valence-electron chi connectivity index (χ1n) is 5.47. The van der Waals surface area contributed by atoms with Crippen LogP contribution in [0.1, 0.15) is 0 Å². The Kier molecular flexibility index (Phi) is 3.44. The topological polar surface area (TPSA) is 146 Å². The summed E-state index contributed by atoms with van der Waals surface area (Å²) in [5.74, 6) is -0.580. The highest BCUT2D eigenvalue weighted by molar-refractivity contribution is 5.88. The van der Waals surface area contributed by atoms with Gasteiger partial charge in [-0.1, -0.05) is 0 Å². The Balaban J connectivity index is 2.37. The number of aliphatic hydroxyl groups is 4. The summed E-state index contributed by atoms with van der Waals surface area (Å²) in [6, 6.07) is 1.66. The molecule has 2 aliphatic heterocycles. The first kappa shape index (κ1) is 13.7. The van der Waals surface area contributed by atoms with Gasteiger partial charge < -0.3 is 30.5 Å². The molecule has 2 heterocycles. The zero-order valence-electron chi connectivity index (χ0n) is 9.67. The van der Waals surface area contributed by atoms with Gasteiger partial charge in [0.15, 0.2) is 0 Å². The maximum absolute atomic E-state index is 11.0. The second-order valence-corrected chi connectivity index (χ2v) is 4.19. The van der Waals surface area contributed by atoms with Gasteiger partial charge >= 0.3 is 0 Å². The number of hydrogen-bond donors (Lipinski definition) is 5. The lowest BCUT2D eigenvalue weighted by Gasteiger charge is -2.40. The van der Waals surface area contributed by atoms with Crippen molar-refractivity contribution in [1.29, 1.82) is 5.26 Å². The maximum atomic E-state index is 11.0. The molecule has 0 aromatic carbocycles. The Morgan fingerprint density at radius 2 is 2.21 bits per heavy atom. The number of amides is 1. The molecule has 5 atom stereocenters. The van der Waals surface area contributed by atoms with Crippen LogP contribution < -0.4 is 5.32 Å². The van der Waals surface area contributed by atoms with Crippen LogP contribution in [0.5, 0.6) is 0 Å². The highest BCUT2D eigenvalue weighted by Gasteiger charge is 2.59. The summed E-state index contributed by atoms with van der Waals surface area (Å²) in [5.41, 5.74) is -2.10. The zero-order chi connectivity index (χ0) is 14.2. The number of hydrogen-bond acceptors (Lipinski definition) is 8. The lowest BCUT2D eigenvalue weighted by atomic mass is 10.0. The largest absolute Gasteiger partial charge is 0.394 e. The molecule has 104 valence electrons. The van der Waals surface area contributed by atoms with Crippen molar-refractivity contribution in [3.05, 3.63) is 12.3 Å². The smallest absolute Gasteiger partial charge is 0.263 e. The van der Waals surface area contributed by atoms with Crippen molar-refractivity contribution < 1.29 is 30.0 Å². The molecule has 0 aliphatic carbocycles. The summed E-state index contributed by atoms with van der Waals surface area (Å²) in [4.78, 5) is 11.9. The van der Waals surface area contributed by atoms with E-state index in [9.17, 15) is 25.4 Å². The molecule has 9 nitrogen and oxygen atoms in total.